The summed E-state index contributed by atoms with van der Waals surface area (Å²) in [6, 6.07) is 3.40. The van der Waals surface area contributed by atoms with Crippen molar-refractivity contribution in [2.75, 3.05) is 0 Å². The Labute approximate surface area is 134 Å². The maximum Gasteiger partial charge on any atom is 0.254 e. The van der Waals surface area contributed by atoms with Crippen molar-refractivity contribution >= 4 is 16.9 Å². The van der Waals surface area contributed by atoms with Crippen LogP contribution in [-0.2, 0) is 6.42 Å². The molecule has 2 heterocycles. The molecule has 5 heteroatoms. The van der Waals surface area contributed by atoms with E-state index in [2.05, 4.69) is 23.0 Å². The number of hydrogen-bond donors (Lipinski definition) is 2. The highest BCUT2D eigenvalue weighted by molar-refractivity contribution is 5.97. The maximum atomic E-state index is 12.5. The minimum atomic E-state index is -0.724. The largest absolute Gasteiger partial charge is 0.365 e. The van der Waals surface area contributed by atoms with Gasteiger partial charge in [0.1, 0.15) is 11.2 Å². The molecule has 0 spiro atoms. The Balaban J connectivity index is 2.53. The summed E-state index contributed by atoms with van der Waals surface area (Å²) in [5.74, 6) is -0.724. The van der Waals surface area contributed by atoms with Crippen LogP contribution in [0.2, 0.25) is 0 Å². The lowest BCUT2D eigenvalue weighted by Crippen LogP contribution is -2.25. The van der Waals surface area contributed by atoms with E-state index in [0.29, 0.717) is 23.1 Å². The fourth-order valence-corrected chi connectivity index (χ4v) is 2.48. The summed E-state index contributed by atoms with van der Waals surface area (Å²) in [5, 5.41) is 0.374. The number of rotatable bonds is 5. The first-order chi connectivity index (χ1) is 10.9. The van der Waals surface area contributed by atoms with Gasteiger partial charge in [-0.2, -0.15) is 0 Å². The van der Waals surface area contributed by atoms with Crippen molar-refractivity contribution in [3.05, 3.63) is 63.1 Å². The summed E-state index contributed by atoms with van der Waals surface area (Å²) in [6.07, 6.45) is 7.33. The molecular weight excluding hydrogens is 290 g/mol. The lowest BCUT2D eigenvalue weighted by atomic mass is 10.1. The SMILES string of the molecule is CCC=C(C)C=CCc1[nH]c2nc(C)ccc2c(=O)c1C(N)=O. The summed E-state index contributed by atoms with van der Waals surface area (Å²) >= 11 is 0. The molecule has 0 atom stereocenters. The average molecular weight is 311 g/mol. The number of nitrogens with zero attached hydrogens (tertiary/aromatic N) is 1. The number of primary amides is 1. The molecule has 0 saturated carbocycles. The lowest BCUT2D eigenvalue weighted by Gasteiger charge is -2.07. The Morgan fingerprint density at radius 2 is 2.13 bits per heavy atom. The minimum absolute atomic E-state index is 0.00456. The second kappa shape index (κ2) is 7.05. The number of nitrogens with one attached hydrogen (secondary N) is 1. The highest BCUT2D eigenvalue weighted by atomic mass is 16.2. The minimum Gasteiger partial charge on any atom is -0.365 e. The number of pyridine rings is 2. The highest BCUT2D eigenvalue weighted by Crippen LogP contribution is 2.12. The lowest BCUT2D eigenvalue weighted by molar-refractivity contribution is 0.0998. The Kier molecular flexibility index (Phi) is 5.11. The van der Waals surface area contributed by atoms with Crippen molar-refractivity contribution < 1.29 is 4.79 Å². The summed E-state index contributed by atoms with van der Waals surface area (Å²) in [6.45, 7) is 5.92. The number of aryl methyl sites for hydroxylation is 1. The molecule has 0 bridgehead atoms. The molecule has 23 heavy (non-hydrogen) atoms. The predicted octanol–water partition coefficient (Wildman–Crippen LogP) is 2.79. The van der Waals surface area contributed by atoms with Gasteiger partial charge in [-0.1, -0.05) is 30.7 Å². The van der Waals surface area contributed by atoms with Crippen molar-refractivity contribution in [3.8, 4) is 0 Å². The fourth-order valence-electron chi connectivity index (χ4n) is 2.48. The number of carbonyl (C=O) groups excluding carboxylic acids is 1. The van der Waals surface area contributed by atoms with E-state index >= 15 is 0 Å². The first-order valence-electron chi connectivity index (χ1n) is 7.59. The number of allylic oxidation sites excluding steroid dienone is 4. The summed E-state index contributed by atoms with van der Waals surface area (Å²) in [7, 11) is 0. The van der Waals surface area contributed by atoms with Crippen LogP contribution in [0.4, 0.5) is 0 Å². The quantitative estimate of drug-likeness (QED) is 0.832. The van der Waals surface area contributed by atoms with Crippen LogP contribution >= 0.6 is 0 Å². The second-order valence-corrected chi connectivity index (χ2v) is 5.48. The van der Waals surface area contributed by atoms with Gasteiger partial charge in [0.05, 0.1) is 5.39 Å². The van der Waals surface area contributed by atoms with Crippen LogP contribution in [-0.4, -0.2) is 15.9 Å². The molecule has 0 unspecified atom stereocenters. The van der Waals surface area contributed by atoms with Gasteiger partial charge >= 0.3 is 0 Å². The first kappa shape index (κ1) is 16.7. The normalized spacial score (nSPS) is 12.2. The molecule has 120 valence electrons. The van der Waals surface area contributed by atoms with Crippen LogP contribution < -0.4 is 11.2 Å². The molecule has 0 aliphatic rings. The topological polar surface area (TPSA) is 88.8 Å². The van der Waals surface area contributed by atoms with E-state index < -0.39 is 5.91 Å². The van der Waals surface area contributed by atoms with Gasteiger partial charge in [-0.15, -0.1) is 0 Å². The van der Waals surface area contributed by atoms with E-state index in [1.807, 2.05) is 26.0 Å². The third kappa shape index (κ3) is 3.74. The predicted molar refractivity (Wildman–Crippen MR) is 92.5 cm³/mol. The smallest absolute Gasteiger partial charge is 0.254 e. The molecule has 0 radical (unpaired) electrons. The number of fused-ring (bicyclic) bond motifs is 1. The summed E-state index contributed by atoms with van der Waals surface area (Å²) in [5.41, 5.74) is 7.93. The van der Waals surface area contributed by atoms with Gasteiger partial charge < -0.3 is 10.7 Å². The molecule has 0 aliphatic carbocycles. The van der Waals surface area contributed by atoms with E-state index in [1.54, 1.807) is 12.1 Å². The van der Waals surface area contributed by atoms with Gasteiger partial charge in [-0.05, 0) is 32.4 Å². The Bertz CT molecular complexity index is 860. The number of H-pyrrole nitrogens is 1. The molecule has 2 aromatic rings. The number of hydrogen-bond acceptors (Lipinski definition) is 3. The highest BCUT2D eigenvalue weighted by Gasteiger charge is 2.16. The number of amides is 1. The molecule has 2 rings (SSSR count). The van der Waals surface area contributed by atoms with Crippen LogP contribution in [0, 0.1) is 6.92 Å². The van der Waals surface area contributed by atoms with Crippen molar-refractivity contribution in [2.24, 2.45) is 5.73 Å². The third-order valence-corrected chi connectivity index (χ3v) is 3.55. The van der Waals surface area contributed by atoms with Crippen molar-refractivity contribution in [2.45, 2.75) is 33.6 Å². The molecule has 0 fully saturated rings. The average Bonchev–Trinajstić information content (AvgIpc) is 2.46. The molecule has 0 aromatic carbocycles. The third-order valence-electron chi connectivity index (χ3n) is 3.55. The zero-order valence-electron chi connectivity index (χ0n) is 13.6. The fraction of sp³-hybridized carbons (Fsp3) is 0.278. The van der Waals surface area contributed by atoms with Crippen LogP contribution in [0.25, 0.3) is 11.0 Å². The monoisotopic (exact) mass is 311 g/mol. The zero-order valence-corrected chi connectivity index (χ0v) is 13.6. The molecule has 3 N–H and O–H groups in total. The van der Waals surface area contributed by atoms with E-state index in [4.69, 9.17) is 5.73 Å². The maximum absolute atomic E-state index is 12.5. The van der Waals surface area contributed by atoms with Gasteiger partial charge in [-0.3, -0.25) is 9.59 Å². The molecule has 1 amide bonds. The van der Waals surface area contributed by atoms with Crippen LogP contribution in [0.3, 0.4) is 0 Å². The molecule has 2 aromatic heterocycles. The number of aromatic amines is 1. The van der Waals surface area contributed by atoms with Gasteiger partial charge in [0, 0.05) is 17.8 Å². The van der Waals surface area contributed by atoms with Gasteiger partial charge in [0.25, 0.3) is 5.91 Å². The Morgan fingerprint density at radius 3 is 2.78 bits per heavy atom. The van der Waals surface area contributed by atoms with E-state index in [0.717, 1.165) is 17.7 Å². The standard InChI is InChI=1S/C18H21N3O2/c1-4-6-11(2)7-5-8-14-15(17(19)23)16(22)13-10-9-12(3)20-18(13)21-14/h5-7,9-10H,4,8H2,1-3H3,(H2,19,23)(H,20,21,22). The summed E-state index contributed by atoms with van der Waals surface area (Å²) in [4.78, 5) is 31.6. The van der Waals surface area contributed by atoms with E-state index in [-0.39, 0.29) is 11.0 Å². The van der Waals surface area contributed by atoms with Crippen molar-refractivity contribution in [1.82, 2.24) is 9.97 Å². The summed E-state index contributed by atoms with van der Waals surface area (Å²) < 4.78 is 0. The molecular formula is C18H21N3O2. The van der Waals surface area contributed by atoms with E-state index in [9.17, 15) is 9.59 Å². The van der Waals surface area contributed by atoms with Crippen LogP contribution in [0.5, 0.6) is 0 Å². The van der Waals surface area contributed by atoms with Crippen LogP contribution in [0.1, 0.15) is 42.0 Å². The van der Waals surface area contributed by atoms with Gasteiger partial charge in [0.2, 0.25) is 5.43 Å². The second-order valence-electron chi connectivity index (χ2n) is 5.48. The number of carbonyl (C=O) groups is 1. The first-order valence-corrected chi connectivity index (χ1v) is 7.59. The molecule has 0 saturated heterocycles. The van der Waals surface area contributed by atoms with Gasteiger partial charge in [-0.25, -0.2) is 4.98 Å². The van der Waals surface area contributed by atoms with Gasteiger partial charge in [0.15, 0.2) is 0 Å². The van der Waals surface area contributed by atoms with Crippen molar-refractivity contribution in [3.63, 3.8) is 0 Å². The number of nitrogens with two attached hydrogens (primary N) is 1. The molecule has 5 nitrogen and oxygen atoms in total. The van der Waals surface area contributed by atoms with Crippen LogP contribution in [0.15, 0.2) is 40.7 Å². The Morgan fingerprint density at radius 1 is 1.39 bits per heavy atom. The van der Waals surface area contributed by atoms with Crippen molar-refractivity contribution in [1.29, 1.82) is 0 Å². The Hall–Kier alpha value is -2.69. The van der Waals surface area contributed by atoms with E-state index in [1.165, 1.54) is 0 Å². The molecule has 0 aliphatic heterocycles. The number of aromatic nitrogens is 2. The zero-order chi connectivity index (χ0) is 17.0.